The Kier molecular flexibility index (Phi) is 9.00. The van der Waals surface area contributed by atoms with Gasteiger partial charge < -0.3 is 10.6 Å². The highest BCUT2D eigenvalue weighted by Crippen LogP contribution is 2.28. The average Bonchev–Trinajstić information content (AvgIpc) is 2.28. The van der Waals surface area contributed by atoms with Crippen LogP contribution in [-0.4, -0.2) is 30.5 Å². The Labute approximate surface area is 123 Å². The zero-order valence-electron chi connectivity index (χ0n) is 11.5. The van der Waals surface area contributed by atoms with Gasteiger partial charge in [0.05, 0.1) is 0 Å². The van der Waals surface area contributed by atoms with E-state index in [9.17, 15) is 0 Å². The molecular weight excluding hydrogens is 325 g/mol. The van der Waals surface area contributed by atoms with Crippen LogP contribution in [-0.2, 0) is 0 Å². The van der Waals surface area contributed by atoms with Gasteiger partial charge in [0.1, 0.15) is 0 Å². The van der Waals surface area contributed by atoms with Crippen molar-refractivity contribution < 1.29 is 0 Å². The first kappa shape index (κ1) is 17.0. The van der Waals surface area contributed by atoms with E-state index in [-0.39, 0.29) is 24.0 Å². The van der Waals surface area contributed by atoms with Crippen LogP contribution in [0.4, 0.5) is 0 Å². The smallest absolute Gasteiger partial charge is 0.191 e. The third kappa shape index (κ3) is 5.93. The first-order chi connectivity index (χ1) is 7.67. The van der Waals surface area contributed by atoms with Crippen molar-refractivity contribution in [1.29, 1.82) is 0 Å². The molecule has 3 nitrogen and oxygen atoms in total. The van der Waals surface area contributed by atoms with Crippen LogP contribution in [0.2, 0.25) is 0 Å². The Morgan fingerprint density at radius 3 is 2.47 bits per heavy atom. The van der Waals surface area contributed by atoms with Crippen LogP contribution < -0.4 is 5.73 Å². The molecule has 0 radical (unpaired) electrons. The Morgan fingerprint density at radius 1 is 1.29 bits per heavy atom. The maximum Gasteiger partial charge on any atom is 0.191 e. The highest BCUT2D eigenvalue weighted by Gasteiger charge is 2.18. The summed E-state index contributed by atoms with van der Waals surface area (Å²) in [4.78, 5) is 6.66. The lowest BCUT2D eigenvalue weighted by Crippen LogP contribution is -2.37. The van der Waals surface area contributed by atoms with E-state index in [1.54, 1.807) is 0 Å². The lowest BCUT2D eigenvalue weighted by atomic mass is 9.82. The molecule has 0 bridgehead atoms. The third-order valence-corrected chi connectivity index (χ3v) is 3.64. The molecule has 1 saturated carbocycles. The Morgan fingerprint density at radius 2 is 1.94 bits per heavy atom. The normalized spacial score (nSPS) is 25.2. The molecule has 1 fully saturated rings. The van der Waals surface area contributed by atoms with E-state index in [1.165, 1.54) is 25.7 Å². The molecule has 0 aliphatic heterocycles. The zero-order chi connectivity index (χ0) is 12.0. The number of halogens is 1. The maximum absolute atomic E-state index is 5.97. The molecule has 102 valence electrons. The molecular formula is C13H28IN3. The van der Waals surface area contributed by atoms with Crippen LogP contribution >= 0.6 is 24.0 Å². The second-order valence-corrected chi connectivity index (χ2v) is 5.01. The monoisotopic (exact) mass is 353 g/mol. The van der Waals surface area contributed by atoms with Gasteiger partial charge in [-0.2, -0.15) is 0 Å². The topological polar surface area (TPSA) is 41.6 Å². The minimum absolute atomic E-state index is 0. The molecule has 4 heteroatoms. The second kappa shape index (κ2) is 9.00. The fraction of sp³-hybridized carbons (Fsp3) is 0.923. The molecule has 0 aromatic heterocycles. The largest absolute Gasteiger partial charge is 0.370 e. The highest BCUT2D eigenvalue weighted by molar-refractivity contribution is 14.0. The minimum atomic E-state index is 0. The summed E-state index contributed by atoms with van der Waals surface area (Å²) >= 11 is 0. The SMILES string of the molecule is CCN(CC)C(N)=NCC1CCCC(C)C1.I. The molecule has 1 aliphatic rings. The molecule has 0 amide bonds. The van der Waals surface area contributed by atoms with E-state index >= 15 is 0 Å². The first-order valence-corrected chi connectivity index (χ1v) is 6.72. The number of nitrogens with zero attached hydrogens (tertiary/aromatic N) is 2. The molecule has 2 N–H and O–H groups in total. The summed E-state index contributed by atoms with van der Waals surface area (Å²) in [5.41, 5.74) is 5.97. The van der Waals surface area contributed by atoms with Gasteiger partial charge in [0.2, 0.25) is 0 Å². The molecule has 0 aromatic rings. The molecule has 0 aromatic carbocycles. The van der Waals surface area contributed by atoms with Crippen molar-refractivity contribution in [2.75, 3.05) is 19.6 Å². The fourth-order valence-corrected chi connectivity index (χ4v) is 2.60. The number of guanidine groups is 1. The standard InChI is InChI=1S/C13H27N3.HI/c1-4-16(5-2)13(14)15-10-12-8-6-7-11(3)9-12;/h11-12H,4-10H2,1-3H3,(H2,14,15);1H. The number of hydrogen-bond donors (Lipinski definition) is 1. The molecule has 0 spiro atoms. The summed E-state index contributed by atoms with van der Waals surface area (Å²) in [6.45, 7) is 9.42. The third-order valence-electron chi connectivity index (χ3n) is 3.64. The second-order valence-electron chi connectivity index (χ2n) is 5.01. The van der Waals surface area contributed by atoms with Gasteiger partial charge in [-0.15, -0.1) is 24.0 Å². The van der Waals surface area contributed by atoms with Gasteiger partial charge in [-0.25, -0.2) is 0 Å². The van der Waals surface area contributed by atoms with E-state index in [1.807, 2.05) is 0 Å². The van der Waals surface area contributed by atoms with Crippen LogP contribution in [0.5, 0.6) is 0 Å². The highest BCUT2D eigenvalue weighted by atomic mass is 127. The predicted molar refractivity (Wildman–Crippen MR) is 85.9 cm³/mol. The van der Waals surface area contributed by atoms with Gasteiger partial charge in [0.15, 0.2) is 5.96 Å². The van der Waals surface area contributed by atoms with Crippen molar-refractivity contribution in [3.63, 3.8) is 0 Å². The van der Waals surface area contributed by atoms with Gasteiger partial charge in [-0.3, -0.25) is 4.99 Å². The van der Waals surface area contributed by atoms with Crippen molar-refractivity contribution in [1.82, 2.24) is 4.90 Å². The summed E-state index contributed by atoms with van der Waals surface area (Å²) in [5.74, 6) is 2.37. The van der Waals surface area contributed by atoms with Crippen molar-refractivity contribution in [2.45, 2.75) is 46.5 Å². The van der Waals surface area contributed by atoms with E-state index in [2.05, 4.69) is 30.7 Å². The summed E-state index contributed by atoms with van der Waals surface area (Å²) in [5, 5.41) is 0. The molecule has 0 saturated heterocycles. The number of nitrogens with two attached hydrogens (primary N) is 1. The summed E-state index contributed by atoms with van der Waals surface area (Å²) in [7, 11) is 0. The van der Waals surface area contributed by atoms with Gasteiger partial charge in [-0.1, -0.05) is 19.8 Å². The maximum atomic E-state index is 5.97. The Balaban J connectivity index is 0.00000256. The van der Waals surface area contributed by atoms with Crippen LogP contribution in [0.25, 0.3) is 0 Å². The van der Waals surface area contributed by atoms with E-state index in [4.69, 9.17) is 5.73 Å². The van der Waals surface area contributed by atoms with Crippen molar-refractivity contribution in [2.24, 2.45) is 22.6 Å². The lowest BCUT2D eigenvalue weighted by molar-refractivity contribution is 0.288. The minimum Gasteiger partial charge on any atom is -0.370 e. The zero-order valence-corrected chi connectivity index (χ0v) is 13.8. The number of aliphatic imine (C=N–C) groups is 1. The quantitative estimate of drug-likeness (QED) is 0.479. The Bertz CT molecular complexity index is 227. The molecule has 2 atom stereocenters. The van der Waals surface area contributed by atoms with Crippen molar-refractivity contribution >= 4 is 29.9 Å². The molecule has 1 aliphatic carbocycles. The van der Waals surface area contributed by atoms with Crippen molar-refractivity contribution in [3.05, 3.63) is 0 Å². The van der Waals surface area contributed by atoms with Crippen LogP contribution in [0, 0.1) is 11.8 Å². The van der Waals surface area contributed by atoms with E-state index in [0.717, 1.165) is 37.4 Å². The summed E-state index contributed by atoms with van der Waals surface area (Å²) < 4.78 is 0. The van der Waals surface area contributed by atoms with Gasteiger partial charge in [0.25, 0.3) is 0 Å². The van der Waals surface area contributed by atoms with E-state index < -0.39 is 0 Å². The Hall–Kier alpha value is 0. The van der Waals surface area contributed by atoms with Crippen LogP contribution in [0.15, 0.2) is 4.99 Å². The molecule has 2 unspecified atom stereocenters. The number of rotatable bonds is 4. The lowest BCUT2D eigenvalue weighted by Gasteiger charge is -2.26. The van der Waals surface area contributed by atoms with Crippen LogP contribution in [0.3, 0.4) is 0 Å². The molecule has 0 heterocycles. The van der Waals surface area contributed by atoms with Crippen LogP contribution in [0.1, 0.15) is 46.5 Å². The summed E-state index contributed by atoms with van der Waals surface area (Å²) in [6, 6.07) is 0. The first-order valence-electron chi connectivity index (χ1n) is 6.72. The van der Waals surface area contributed by atoms with Gasteiger partial charge in [0, 0.05) is 19.6 Å². The predicted octanol–water partition coefficient (Wildman–Crippen LogP) is 3.09. The van der Waals surface area contributed by atoms with Gasteiger partial charge >= 0.3 is 0 Å². The fourth-order valence-electron chi connectivity index (χ4n) is 2.60. The molecule has 1 rings (SSSR count). The van der Waals surface area contributed by atoms with E-state index in [0.29, 0.717) is 0 Å². The molecule has 17 heavy (non-hydrogen) atoms. The van der Waals surface area contributed by atoms with Crippen molar-refractivity contribution in [3.8, 4) is 0 Å². The number of hydrogen-bond acceptors (Lipinski definition) is 1. The average molecular weight is 353 g/mol. The van der Waals surface area contributed by atoms with Gasteiger partial charge in [-0.05, 0) is 38.5 Å². The summed E-state index contributed by atoms with van der Waals surface area (Å²) in [6.07, 6.45) is 5.42.